The number of carbonyl (C=O) groups excluding carboxylic acids is 3. The summed E-state index contributed by atoms with van der Waals surface area (Å²) in [7, 11) is 0. The minimum atomic E-state index is -0.554. The van der Waals surface area contributed by atoms with Gasteiger partial charge in [-0.3, -0.25) is 14.4 Å². The maximum absolute atomic E-state index is 13.2. The highest BCUT2D eigenvalue weighted by atomic mass is 35.5. The van der Waals surface area contributed by atoms with E-state index < -0.39 is 5.60 Å². The summed E-state index contributed by atoms with van der Waals surface area (Å²) in [6, 6.07) is 11.0. The molecule has 0 radical (unpaired) electrons. The fourth-order valence-electron chi connectivity index (χ4n) is 5.35. The molecule has 0 N–H and O–H groups in total. The predicted molar refractivity (Wildman–Crippen MR) is 126 cm³/mol. The van der Waals surface area contributed by atoms with Gasteiger partial charge in [0.05, 0.1) is 17.9 Å². The van der Waals surface area contributed by atoms with Crippen LogP contribution in [0.25, 0.3) is 0 Å². The van der Waals surface area contributed by atoms with Crippen LogP contribution in [0.3, 0.4) is 0 Å². The van der Waals surface area contributed by atoms with Gasteiger partial charge < -0.3 is 14.5 Å². The molecule has 1 unspecified atom stereocenters. The van der Waals surface area contributed by atoms with Crippen LogP contribution in [0.15, 0.2) is 36.4 Å². The average molecular weight is 467 g/mol. The van der Waals surface area contributed by atoms with Gasteiger partial charge in [0, 0.05) is 49.6 Å². The second-order valence-corrected chi connectivity index (χ2v) is 9.99. The number of ether oxygens (including phenoxy) is 1. The lowest BCUT2D eigenvalue weighted by molar-refractivity contribution is -0.139. The number of rotatable bonds is 2. The van der Waals surface area contributed by atoms with Crippen molar-refractivity contribution in [2.45, 2.75) is 45.1 Å². The Labute approximate surface area is 198 Å². The normalized spacial score (nSPS) is 21.8. The Balaban J connectivity index is 1.25. The van der Waals surface area contributed by atoms with Crippen LogP contribution in [0, 0.1) is 19.8 Å². The molecule has 33 heavy (non-hydrogen) atoms. The van der Waals surface area contributed by atoms with Gasteiger partial charge in [0.2, 0.25) is 11.8 Å². The largest absolute Gasteiger partial charge is 0.486 e. The highest BCUT2D eigenvalue weighted by Gasteiger charge is 2.46. The van der Waals surface area contributed by atoms with Gasteiger partial charge in [0.15, 0.2) is 5.78 Å². The topological polar surface area (TPSA) is 66.9 Å². The van der Waals surface area contributed by atoms with E-state index in [0.717, 1.165) is 16.8 Å². The summed E-state index contributed by atoms with van der Waals surface area (Å²) in [5, 5.41) is 0.608. The second-order valence-electron chi connectivity index (χ2n) is 9.55. The van der Waals surface area contributed by atoms with Crippen LogP contribution < -0.4 is 9.64 Å². The van der Waals surface area contributed by atoms with Crippen molar-refractivity contribution in [2.75, 3.05) is 24.5 Å². The number of amides is 2. The highest BCUT2D eigenvalue weighted by Crippen LogP contribution is 2.42. The lowest BCUT2D eigenvalue weighted by Gasteiger charge is -2.44. The summed E-state index contributed by atoms with van der Waals surface area (Å²) in [5.74, 6) is 0.401. The van der Waals surface area contributed by atoms with Crippen LogP contribution >= 0.6 is 11.6 Å². The third kappa shape index (κ3) is 4.01. The summed E-state index contributed by atoms with van der Waals surface area (Å²) in [4.78, 5) is 42.2. The van der Waals surface area contributed by atoms with Crippen LogP contribution in [0.2, 0.25) is 5.02 Å². The number of hydrogen-bond acceptors (Lipinski definition) is 4. The molecule has 2 saturated heterocycles. The van der Waals surface area contributed by atoms with Crippen molar-refractivity contribution in [3.05, 3.63) is 58.1 Å². The average Bonchev–Trinajstić information content (AvgIpc) is 3.17. The quantitative estimate of drug-likeness (QED) is 0.660. The highest BCUT2D eigenvalue weighted by molar-refractivity contribution is 6.30. The fraction of sp³-hybridized carbons (Fsp3) is 0.423. The Morgan fingerprint density at radius 3 is 2.48 bits per heavy atom. The van der Waals surface area contributed by atoms with Gasteiger partial charge in [0.25, 0.3) is 0 Å². The number of aryl methyl sites for hydroxylation is 2. The number of anilines is 1. The maximum Gasteiger partial charge on any atom is 0.228 e. The molecule has 1 atom stereocenters. The molecule has 7 heteroatoms. The third-order valence-electron chi connectivity index (χ3n) is 7.12. The molecular formula is C26H27ClN2O4. The SMILES string of the molecule is Cc1cc(C)c2c(c1)C(=O)CC1(CCN(C(=O)C3CC(=O)N(c4ccc(Cl)cc4)C3)CC1)O2. The molecule has 0 aliphatic carbocycles. The van der Waals surface area contributed by atoms with Crippen LogP contribution in [0.4, 0.5) is 5.69 Å². The molecule has 3 aliphatic rings. The van der Waals surface area contributed by atoms with Crippen molar-refractivity contribution in [1.29, 1.82) is 0 Å². The van der Waals surface area contributed by atoms with E-state index in [0.29, 0.717) is 55.2 Å². The Morgan fingerprint density at radius 1 is 1.09 bits per heavy atom. The summed E-state index contributed by atoms with van der Waals surface area (Å²) >= 11 is 5.95. The van der Waals surface area contributed by atoms with Crippen molar-refractivity contribution < 1.29 is 19.1 Å². The molecule has 0 bridgehead atoms. The summed E-state index contributed by atoms with van der Waals surface area (Å²) in [6.07, 6.45) is 1.78. The number of ketones is 1. The van der Waals surface area contributed by atoms with E-state index in [1.807, 2.05) is 30.9 Å². The van der Waals surface area contributed by atoms with Gasteiger partial charge >= 0.3 is 0 Å². The van der Waals surface area contributed by atoms with Gasteiger partial charge in [-0.2, -0.15) is 0 Å². The smallest absolute Gasteiger partial charge is 0.228 e. The van der Waals surface area contributed by atoms with Crippen molar-refractivity contribution in [3.8, 4) is 5.75 Å². The van der Waals surface area contributed by atoms with E-state index in [2.05, 4.69) is 0 Å². The zero-order valence-electron chi connectivity index (χ0n) is 18.9. The summed E-state index contributed by atoms with van der Waals surface area (Å²) < 4.78 is 6.44. The minimum Gasteiger partial charge on any atom is -0.486 e. The van der Waals surface area contributed by atoms with E-state index >= 15 is 0 Å². The Bertz CT molecular complexity index is 1140. The van der Waals surface area contributed by atoms with E-state index in [1.54, 1.807) is 29.2 Å². The molecule has 2 amide bonds. The maximum atomic E-state index is 13.2. The molecule has 172 valence electrons. The molecule has 0 aromatic heterocycles. The Morgan fingerprint density at radius 2 is 1.79 bits per heavy atom. The van der Waals surface area contributed by atoms with Crippen LogP contribution in [0.5, 0.6) is 5.75 Å². The lowest BCUT2D eigenvalue weighted by Crippen LogP contribution is -2.53. The van der Waals surface area contributed by atoms with Gasteiger partial charge in [-0.1, -0.05) is 17.7 Å². The first-order valence-electron chi connectivity index (χ1n) is 11.4. The number of fused-ring (bicyclic) bond motifs is 1. The predicted octanol–water partition coefficient (Wildman–Crippen LogP) is 4.34. The fourth-order valence-corrected chi connectivity index (χ4v) is 5.48. The molecule has 3 aliphatic heterocycles. The van der Waals surface area contributed by atoms with Crippen LogP contribution in [0.1, 0.15) is 47.2 Å². The third-order valence-corrected chi connectivity index (χ3v) is 7.37. The van der Waals surface area contributed by atoms with Gasteiger partial charge in [-0.25, -0.2) is 0 Å². The van der Waals surface area contributed by atoms with Crippen molar-refractivity contribution in [1.82, 2.24) is 4.90 Å². The molecule has 3 heterocycles. The standard InChI is InChI=1S/C26H27ClN2O4/c1-16-11-17(2)24-21(12-16)22(30)14-26(33-24)7-9-28(10-8-26)25(32)18-13-23(31)29(15-18)20-5-3-19(27)4-6-20/h3-6,11-12,18H,7-10,13-15H2,1-2H3. The van der Waals surface area contributed by atoms with E-state index in [9.17, 15) is 14.4 Å². The molecule has 5 rings (SSSR count). The summed E-state index contributed by atoms with van der Waals surface area (Å²) in [5.41, 5.74) is 2.90. The number of benzene rings is 2. The van der Waals surface area contributed by atoms with Gasteiger partial charge in [-0.05, 0) is 55.3 Å². The first kappa shape index (κ1) is 22.0. The molecule has 2 aromatic rings. The lowest BCUT2D eigenvalue weighted by atomic mass is 9.81. The molecular weight excluding hydrogens is 440 g/mol. The number of halogens is 1. The monoisotopic (exact) mass is 466 g/mol. The minimum absolute atomic E-state index is 0.00371. The van der Waals surface area contributed by atoms with E-state index in [1.165, 1.54) is 0 Å². The zero-order chi connectivity index (χ0) is 23.3. The number of carbonyl (C=O) groups is 3. The second kappa shape index (κ2) is 8.17. The molecule has 0 saturated carbocycles. The number of Topliss-reactive ketones (excluding diaryl/α,β-unsaturated/α-hetero) is 1. The number of likely N-dealkylation sites (tertiary alicyclic amines) is 1. The number of hydrogen-bond donors (Lipinski definition) is 0. The number of nitrogens with zero attached hydrogens (tertiary/aromatic N) is 2. The van der Waals surface area contributed by atoms with E-state index in [4.69, 9.17) is 16.3 Å². The van der Waals surface area contributed by atoms with Crippen LogP contribution in [-0.4, -0.2) is 47.7 Å². The van der Waals surface area contributed by atoms with Crippen LogP contribution in [-0.2, 0) is 9.59 Å². The zero-order valence-corrected chi connectivity index (χ0v) is 19.7. The van der Waals surface area contributed by atoms with Gasteiger partial charge in [0.1, 0.15) is 11.4 Å². The number of piperidine rings is 1. The Hall–Kier alpha value is -2.86. The van der Waals surface area contributed by atoms with Crippen molar-refractivity contribution in [2.24, 2.45) is 5.92 Å². The Kier molecular flexibility index (Phi) is 5.44. The summed E-state index contributed by atoms with van der Waals surface area (Å²) in [6.45, 7) is 5.38. The van der Waals surface area contributed by atoms with E-state index in [-0.39, 0.29) is 29.9 Å². The van der Waals surface area contributed by atoms with Gasteiger partial charge in [-0.15, -0.1) is 0 Å². The van der Waals surface area contributed by atoms with Crippen molar-refractivity contribution in [3.63, 3.8) is 0 Å². The first-order valence-corrected chi connectivity index (χ1v) is 11.8. The molecule has 2 fully saturated rings. The van der Waals surface area contributed by atoms with Crippen molar-refractivity contribution >= 4 is 34.9 Å². The molecule has 2 aromatic carbocycles. The first-order chi connectivity index (χ1) is 15.7. The molecule has 6 nitrogen and oxygen atoms in total. The molecule has 1 spiro atoms.